The first-order valence-corrected chi connectivity index (χ1v) is 6.28. The molecule has 1 heterocycles. The van der Waals surface area contributed by atoms with Gasteiger partial charge in [-0.2, -0.15) is 0 Å². The Bertz CT molecular complexity index is 389. The lowest BCUT2D eigenvalue weighted by molar-refractivity contribution is 0.0652. The molecule has 0 unspecified atom stereocenters. The van der Waals surface area contributed by atoms with Gasteiger partial charge in [0, 0.05) is 12.0 Å². The van der Waals surface area contributed by atoms with E-state index in [2.05, 4.69) is 19.0 Å². The molecule has 1 aromatic rings. The Labute approximate surface area is 101 Å². The molecule has 0 saturated heterocycles. The van der Waals surface area contributed by atoms with Gasteiger partial charge in [0.15, 0.2) is 0 Å². The molecule has 1 N–H and O–H groups in total. The van der Waals surface area contributed by atoms with Gasteiger partial charge in [-0.05, 0) is 37.5 Å². The van der Waals surface area contributed by atoms with E-state index in [1.54, 1.807) is 6.07 Å². The van der Waals surface area contributed by atoms with Crippen LogP contribution in [0, 0.1) is 11.8 Å². The Kier molecular flexibility index (Phi) is 3.50. The number of aromatic carboxylic acids is 1. The SMILES string of the molecule is CC(C)C1CCC(c2cc(C(=O)O)on2)CC1. The fourth-order valence-corrected chi connectivity index (χ4v) is 2.66. The molecule has 0 atom stereocenters. The van der Waals surface area contributed by atoms with E-state index in [1.165, 1.54) is 12.8 Å². The van der Waals surface area contributed by atoms with Crippen molar-refractivity contribution in [3.8, 4) is 0 Å². The first kappa shape index (κ1) is 12.1. The Hall–Kier alpha value is -1.32. The quantitative estimate of drug-likeness (QED) is 0.876. The number of nitrogens with zero attached hydrogens (tertiary/aromatic N) is 1. The van der Waals surface area contributed by atoms with Crippen LogP contribution in [0.5, 0.6) is 0 Å². The van der Waals surface area contributed by atoms with E-state index in [-0.39, 0.29) is 5.76 Å². The third kappa shape index (κ3) is 2.68. The van der Waals surface area contributed by atoms with Crippen molar-refractivity contribution in [3.05, 3.63) is 17.5 Å². The Morgan fingerprint density at radius 3 is 2.53 bits per heavy atom. The fraction of sp³-hybridized carbons (Fsp3) is 0.692. The average Bonchev–Trinajstić information content (AvgIpc) is 2.78. The van der Waals surface area contributed by atoms with Gasteiger partial charge >= 0.3 is 5.97 Å². The molecule has 4 heteroatoms. The smallest absolute Gasteiger partial charge is 0.374 e. The summed E-state index contributed by atoms with van der Waals surface area (Å²) in [6.07, 6.45) is 4.60. The van der Waals surface area contributed by atoms with Crippen LogP contribution in [0.25, 0.3) is 0 Å². The summed E-state index contributed by atoms with van der Waals surface area (Å²) in [6, 6.07) is 1.57. The molecule has 0 radical (unpaired) electrons. The van der Waals surface area contributed by atoms with Gasteiger partial charge in [-0.15, -0.1) is 0 Å². The Morgan fingerprint density at radius 1 is 1.41 bits per heavy atom. The molecule has 1 fully saturated rings. The van der Waals surface area contributed by atoms with Gasteiger partial charge < -0.3 is 9.63 Å². The number of aromatic nitrogens is 1. The van der Waals surface area contributed by atoms with Gasteiger partial charge in [-0.25, -0.2) is 4.79 Å². The Morgan fingerprint density at radius 2 is 2.06 bits per heavy atom. The van der Waals surface area contributed by atoms with Gasteiger partial charge in [-0.3, -0.25) is 0 Å². The minimum Gasteiger partial charge on any atom is -0.475 e. The summed E-state index contributed by atoms with van der Waals surface area (Å²) >= 11 is 0. The van der Waals surface area contributed by atoms with Crippen LogP contribution >= 0.6 is 0 Å². The van der Waals surface area contributed by atoms with Crippen LogP contribution in [0.1, 0.15) is 61.7 Å². The van der Waals surface area contributed by atoms with Crippen LogP contribution in [0.15, 0.2) is 10.6 Å². The molecule has 2 rings (SSSR count). The highest BCUT2D eigenvalue weighted by Crippen LogP contribution is 2.38. The zero-order chi connectivity index (χ0) is 12.4. The zero-order valence-corrected chi connectivity index (χ0v) is 10.3. The van der Waals surface area contributed by atoms with Crippen molar-refractivity contribution in [3.63, 3.8) is 0 Å². The second kappa shape index (κ2) is 4.90. The van der Waals surface area contributed by atoms with Crippen molar-refractivity contribution >= 4 is 5.97 Å². The molecular weight excluding hydrogens is 218 g/mol. The maximum absolute atomic E-state index is 10.7. The summed E-state index contributed by atoms with van der Waals surface area (Å²) in [5.74, 6) is 0.826. The first-order chi connectivity index (χ1) is 8.08. The molecule has 94 valence electrons. The van der Waals surface area contributed by atoms with Gasteiger partial charge in [0.2, 0.25) is 5.76 Å². The number of hydrogen-bond acceptors (Lipinski definition) is 3. The topological polar surface area (TPSA) is 63.3 Å². The molecule has 1 saturated carbocycles. The highest BCUT2D eigenvalue weighted by Gasteiger charge is 2.26. The van der Waals surface area contributed by atoms with Gasteiger partial charge in [0.1, 0.15) is 0 Å². The van der Waals surface area contributed by atoms with Crippen molar-refractivity contribution in [1.29, 1.82) is 0 Å². The molecule has 0 aromatic carbocycles. The monoisotopic (exact) mass is 237 g/mol. The van der Waals surface area contributed by atoms with Gasteiger partial charge in [0.25, 0.3) is 0 Å². The maximum atomic E-state index is 10.7. The maximum Gasteiger partial charge on any atom is 0.374 e. The van der Waals surface area contributed by atoms with Crippen molar-refractivity contribution in [2.45, 2.75) is 45.4 Å². The normalized spacial score (nSPS) is 25.1. The third-order valence-electron chi connectivity index (χ3n) is 3.87. The molecule has 1 aromatic heterocycles. The molecule has 1 aliphatic rings. The number of carboxylic acid groups (broad SMARTS) is 1. The summed E-state index contributed by atoms with van der Waals surface area (Å²) in [5.41, 5.74) is 0.810. The molecule has 1 aliphatic carbocycles. The standard InChI is InChI=1S/C13H19NO3/c1-8(2)9-3-5-10(6-4-9)11-7-12(13(15)16)17-14-11/h7-10H,3-6H2,1-2H3,(H,15,16). The minimum atomic E-state index is -1.04. The fourth-order valence-electron chi connectivity index (χ4n) is 2.66. The van der Waals surface area contributed by atoms with Gasteiger partial charge in [-0.1, -0.05) is 19.0 Å². The second-order valence-corrected chi connectivity index (χ2v) is 5.28. The lowest BCUT2D eigenvalue weighted by Crippen LogP contribution is -2.17. The van der Waals surface area contributed by atoms with E-state index in [9.17, 15) is 4.79 Å². The minimum absolute atomic E-state index is 0.0500. The second-order valence-electron chi connectivity index (χ2n) is 5.28. The summed E-state index contributed by atoms with van der Waals surface area (Å²) < 4.78 is 4.80. The average molecular weight is 237 g/mol. The highest BCUT2D eigenvalue weighted by atomic mass is 16.5. The lowest BCUT2D eigenvalue weighted by atomic mass is 9.76. The van der Waals surface area contributed by atoms with Crippen molar-refractivity contribution in [1.82, 2.24) is 5.16 Å². The molecular formula is C13H19NO3. The van der Waals surface area contributed by atoms with Crippen molar-refractivity contribution in [2.75, 3.05) is 0 Å². The predicted octanol–water partition coefficient (Wildman–Crippen LogP) is 3.30. The van der Waals surface area contributed by atoms with Crippen molar-refractivity contribution < 1.29 is 14.4 Å². The lowest BCUT2D eigenvalue weighted by Gasteiger charge is -2.29. The molecule has 0 bridgehead atoms. The summed E-state index contributed by atoms with van der Waals surface area (Å²) in [6.45, 7) is 4.53. The van der Waals surface area contributed by atoms with E-state index in [0.717, 1.165) is 30.4 Å². The zero-order valence-electron chi connectivity index (χ0n) is 10.3. The molecule has 0 aliphatic heterocycles. The van der Waals surface area contributed by atoms with E-state index in [0.29, 0.717) is 5.92 Å². The van der Waals surface area contributed by atoms with Crippen LogP contribution in [-0.4, -0.2) is 16.2 Å². The van der Waals surface area contributed by atoms with E-state index in [4.69, 9.17) is 9.63 Å². The van der Waals surface area contributed by atoms with Crippen LogP contribution in [0.3, 0.4) is 0 Å². The van der Waals surface area contributed by atoms with Crippen LogP contribution < -0.4 is 0 Å². The number of carbonyl (C=O) groups is 1. The number of hydrogen-bond donors (Lipinski definition) is 1. The molecule has 0 amide bonds. The first-order valence-electron chi connectivity index (χ1n) is 6.28. The highest BCUT2D eigenvalue weighted by molar-refractivity contribution is 5.84. The third-order valence-corrected chi connectivity index (χ3v) is 3.87. The Balaban J connectivity index is 1.98. The van der Waals surface area contributed by atoms with E-state index in [1.807, 2.05) is 0 Å². The van der Waals surface area contributed by atoms with Crippen molar-refractivity contribution in [2.24, 2.45) is 11.8 Å². The van der Waals surface area contributed by atoms with Crippen LogP contribution in [0.4, 0.5) is 0 Å². The van der Waals surface area contributed by atoms with Gasteiger partial charge in [0.05, 0.1) is 5.69 Å². The number of rotatable bonds is 3. The van der Waals surface area contributed by atoms with Crippen LogP contribution in [-0.2, 0) is 0 Å². The number of carboxylic acids is 1. The molecule has 0 spiro atoms. The summed E-state index contributed by atoms with van der Waals surface area (Å²) in [7, 11) is 0. The molecule has 17 heavy (non-hydrogen) atoms. The summed E-state index contributed by atoms with van der Waals surface area (Å²) in [4.78, 5) is 10.7. The van der Waals surface area contributed by atoms with Crippen LogP contribution in [0.2, 0.25) is 0 Å². The largest absolute Gasteiger partial charge is 0.475 e. The predicted molar refractivity (Wildman–Crippen MR) is 63.0 cm³/mol. The summed E-state index contributed by atoms with van der Waals surface area (Å²) in [5, 5.41) is 12.7. The van der Waals surface area contributed by atoms with E-state index < -0.39 is 5.97 Å². The molecule has 4 nitrogen and oxygen atoms in total. The van der Waals surface area contributed by atoms with E-state index >= 15 is 0 Å².